The van der Waals surface area contributed by atoms with Crippen molar-refractivity contribution in [2.24, 2.45) is 0 Å². The van der Waals surface area contributed by atoms with Gasteiger partial charge in [0.1, 0.15) is 4.90 Å². The standard InChI is InChI=1S/C9H10BrNO3S2/c1-6-7(5-8(10)15-6)16(13,14)11-4-2-3-9(11)12/h5H,2-4H2,1H3. The van der Waals surface area contributed by atoms with Crippen LogP contribution in [-0.4, -0.2) is 25.2 Å². The van der Waals surface area contributed by atoms with Gasteiger partial charge in [-0.15, -0.1) is 11.3 Å². The van der Waals surface area contributed by atoms with Gasteiger partial charge >= 0.3 is 0 Å². The Labute approximate surface area is 106 Å². The maximum absolute atomic E-state index is 12.2. The summed E-state index contributed by atoms with van der Waals surface area (Å²) in [5.74, 6) is -0.304. The summed E-state index contributed by atoms with van der Waals surface area (Å²) >= 11 is 4.61. The second kappa shape index (κ2) is 4.12. The molecule has 0 bridgehead atoms. The van der Waals surface area contributed by atoms with E-state index in [0.717, 1.165) is 8.09 Å². The molecule has 2 rings (SSSR count). The number of carbonyl (C=O) groups is 1. The van der Waals surface area contributed by atoms with Crippen LogP contribution in [0.3, 0.4) is 0 Å². The smallest absolute Gasteiger partial charge is 0.267 e. The molecule has 0 radical (unpaired) electrons. The van der Waals surface area contributed by atoms with E-state index < -0.39 is 10.0 Å². The molecule has 88 valence electrons. The lowest BCUT2D eigenvalue weighted by atomic mass is 10.4. The van der Waals surface area contributed by atoms with E-state index in [-0.39, 0.29) is 10.8 Å². The van der Waals surface area contributed by atoms with Gasteiger partial charge in [-0.1, -0.05) is 0 Å². The molecule has 1 aliphatic rings. The Morgan fingerprint density at radius 3 is 2.62 bits per heavy atom. The minimum atomic E-state index is -3.63. The van der Waals surface area contributed by atoms with E-state index in [9.17, 15) is 13.2 Å². The topological polar surface area (TPSA) is 54.5 Å². The van der Waals surface area contributed by atoms with Crippen molar-refractivity contribution in [1.82, 2.24) is 4.31 Å². The Balaban J connectivity index is 2.46. The van der Waals surface area contributed by atoms with Crippen LogP contribution < -0.4 is 0 Å². The van der Waals surface area contributed by atoms with E-state index in [0.29, 0.717) is 24.3 Å². The molecule has 0 atom stereocenters. The molecule has 0 aliphatic carbocycles. The summed E-state index contributed by atoms with van der Waals surface area (Å²) in [4.78, 5) is 12.4. The van der Waals surface area contributed by atoms with Crippen LogP contribution in [0.2, 0.25) is 0 Å². The van der Waals surface area contributed by atoms with Crippen LogP contribution in [0.1, 0.15) is 17.7 Å². The molecule has 1 aromatic heterocycles. The highest BCUT2D eigenvalue weighted by molar-refractivity contribution is 9.11. The zero-order valence-corrected chi connectivity index (χ0v) is 11.8. The molecule has 0 N–H and O–H groups in total. The van der Waals surface area contributed by atoms with Gasteiger partial charge in [0.05, 0.1) is 3.79 Å². The second-order valence-electron chi connectivity index (χ2n) is 3.55. The Morgan fingerprint density at radius 2 is 2.19 bits per heavy atom. The van der Waals surface area contributed by atoms with Crippen LogP contribution in [0, 0.1) is 6.92 Å². The molecule has 0 saturated carbocycles. The lowest BCUT2D eigenvalue weighted by Crippen LogP contribution is -2.32. The third kappa shape index (κ3) is 1.91. The van der Waals surface area contributed by atoms with Crippen molar-refractivity contribution in [1.29, 1.82) is 0 Å². The van der Waals surface area contributed by atoms with Gasteiger partial charge in [-0.3, -0.25) is 4.79 Å². The van der Waals surface area contributed by atoms with Crippen molar-refractivity contribution in [3.8, 4) is 0 Å². The van der Waals surface area contributed by atoms with Crippen LogP contribution in [0.25, 0.3) is 0 Å². The normalized spacial score (nSPS) is 17.1. The molecule has 16 heavy (non-hydrogen) atoms. The van der Waals surface area contributed by atoms with Crippen LogP contribution in [-0.2, 0) is 14.8 Å². The number of hydrogen-bond acceptors (Lipinski definition) is 4. The number of nitrogens with zero attached hydrogens (tertiary/aromatic N) is 1. The van der Waals surface area contributed by atoms with Crippen LogP contribution >= 0.6 is 27.3 Å². The third-order valence-corrected chi connectivity index (χ3v) is 6.07. The molecule has 0 aromatic carbocycles. The van der Waals surface area contributed by atoms with Gasteiger partial charge in [-0.2, -0.15) is 0 Å². The Morgan fingerprint density at radius 1 is 1.50 bits per heavy atom. The van der Waals surface area contributed by atoms with Crippen molar-refractivity contribution in [2.45, 2.75) is 24.7 Å². The summed E-state index contributed by atoms with van der Waals surface area (Å²) in [6, 6.07) is 1.56. The predicted molar refractivity (Wildman–Crippen MR) is 64.9 cm³/mol. The van der Waals surface area contributed by atoms with E-state index in [1.54, 1.807) is 13.0 Å². The largest absolute Gasteiger partial charge is 0.274 e. The van der Waals surface area contributed by atoms with Gasteiger partial charge in [-0.05, 0) is 35.3 Å². The van der Waals surface area contributed by atoms with E-state index in [1.165, 1.54) is 11.3 Å². The lowest BCUT2D eigenvalue weighted by molar-refractivity contribution is -0.123. The molecular weight excluding hydrogens is 314 g/mol. The van der Waals surface area contributed by atoms with Crippen LogP contribution in [0.5, 0.6) is 0 Å². The minimum absolute atomic E-state index is 0.236. The minimum Gasteiger partial charge on any atom is -0.274 e. The van der Waals surface area contributed by atoms with E-state index in [1.807, 2.05) is 0 Å². The van der Waals surface area contributed by atoms with E-state index in [2.05, 4.69) is 15.9 Å². The number of thiophene rings is 1. The molecular formula is C9H10BrNO3S2. The maximum atomic E-state index is 12.2. The fourth-order valence-electron chi connectivity index (χ4n) is 1.68. The molecule has 4 nitrogen and oxygen atoms in total. The fourth-order valence-corrected chi connectivity index (χ4v) is 5.53. The van der Waals surface area contributed by atoms with Crippen molar-refractivity contribution in [2.75, 3.05) is 6.54 Å². The molecule has 1 fully saturated rings. The number of rotatable bonds is 2. The molecule has 1 aromatic rings. The average Bonchev–Trinajstić information content (AvgIpc) is 2.72. The van der Waals surface area contributed by atoms with Gasteiger partial charge in [0, 0.05) is 17.8 Å². The monoisotopic (exact) mass is 323 g/mol. The number of amides is 1. The first-order valence-electron chi connectivity index (χ1n) is 4.74. The zero-order valence-electron chi connectivity index (χ0n) is 8.57. The van der Waals surface area contributed by atoms with Gasteiger partial charge in [0.2, 0.25) is 5.91 Å². The Hall–Kier alpha value is -0.400. The molecule has 0 unspecified atom stereocenters. The summed E-state index contributed by atoms with van der Waals surface area (Å²) in [6.45, 7) is 2.04. The third-order valence-electron chi connectivity index (χ3n) is 2.44. The first kappa shape index (κ1) is 12.1. The summed E-state index contributed by atoms with van der Waals surface area (Å²) in [7, 11) is -3.63. The van der Waals surface area contributed by atoms with Gasteiger partial charge in [0.25, 0.3) is 10.0 Å². The van der Waals surface area contributed by atoms with Crippen molar-refractivity contribution in [3.63, 3.8) is 0 Å². The predicted octanol–water partition coefficient (Wildman–Crippen LogP) is 2.13. The second-order valence-corrected chi connectivity index (χ2v) is 8.01. The zero-order chi connectivity index (χ0) is 11.9. The van der Waals surface area contributed by atoms with Crippen molar-refractivity contribution >= 4 is 43.2 Å². The highest BCUT2D eigenvalue weighted by Crippen LogP contribution is 2.32. The fraction of sp³-hybridized carbons (Fsp3) is 0.444. The number of carbonyl (C=O) groups excluding carboxylic acids is 1. The Bertz CT molecular complexity index is 535. The van der Waals surface area contributed by atoms with Crippen molar-refractivity contribution < 1.29 is 13.2 Å². The highest BCUT2D eigenvalue weighted by Gasteiger charge is 2.34. The molecule has 1 saturated heterocycles. The van der Waals surface area contributed by atoms with E-state index in [4.69, 9.17) is 0 Å². The summed E-state index contributed by atoms with van der Waals surface area (Å²) in [6.07, 6.45) is 0.937. The molecule has 2 heterocycles. The number of sulfonamides is 1. The molecule has 1 aliphatic heterocycles. The molecule has 0 spiro atoms. The highest BCUT2D eigenvalue weighted by atomic mass is 79.9. The summed E-state index contributed by atoms with van der Waals surface area (Å²) < 4.78 is 26.1. The first-order chi connectivity index (χ1) is 7.43. The Kier molecular flexibility index (Phi) is 3.11. The first-order valence-corrected chi connectivity index (χ1v) is 7.79. The van der Waals surface area contributed by atoms with Gasteiger partial charge in [0.15, 0.2) is 0 Å². The summed E-state index contributed by atoms with van der Waals surface area (Å²) in [5, 5.41) is 0. The number of aryl methyl sites for hydroxylation is 1. The van der Waals surface area contributed by atoms with Crippen LogP contribution in [0.4, 0.5) is 0 Å². The number of hydrogen-bond donors (Lipinski definition) is 0. The summed E-state index contributed by atoms with van der Waals surface area (Å²) in [5.41, 5.74) is 0. The quantitative estimate of drug-likeness (QED) is 0.837. The van der Waals surface area contributed by atoms with Gasteiger partial charge in [-0.25, -0.2) is 12.7 Å². The molecule has 1 amide bonds. The van der Waals surface area contributed by atoms with Crippen molar-refractivity contribution in [3.05, 3.63) is 14.7 Å². The average molecular weight is 324 g/mol. The lowest BCUT2D eigenvalue weighted by Gasteiger charge is -2.15. The SMILES string of the molecule is Cc1sc(Br)cc1S(=O)(=O)N1CCCC1=O. The van der Waals surface area contributed by atoms with E-state index >= 15 is 0 Å². The van der Waals surface area contributed by atoms with Gasteiger partial charge < -0.3 is 0 Å². The maximum Gasteiger partial charge on any atom is 0.267 e. The number of halogens is 1. The molecule has 7 heteroatoms. The van der Waals surface area contributed by atoms with Crippen LogP contribution in [0.15, 0.2) is 14.7 Å².